The molecule has 2 heteroatoms. The van der Waals surface area contributed by atoms with Crippen molar-refractivity contribution in [2.45, 2.75) is 25.7 Å². The molecule has 12 heavy (non-hydrogen) atoms. The van der Waals surface area contributed by atoms with Gasteiger partial charge in [0.2, 0.25) is 0 Å². The van der Waals surface area contributed by atoms with Crippen molar-refractivity contribution in [3.63, 3.8) is 0 Å². The molecule has 0 aromatic carbocycles. The Morgan fingerprint density at radius 1 is 1.08 bits per heavy atom. The van der Waals surface area contributed by atoms with Gasteiger partial charge in [0.1, 0.15) is 0 Å². The number of carbonyl (C=O) groups excluding carboxylic acids is 1. The van der Waals surface area contributed by atoms with Crippen molar-refractivity contribution in [1.29, 1.82) is 0 Å². The van der Waals surface area contributed by atoms with Crippen molar-refractivity contribution >= 4 is 22.2 Å². The second-order valence-electron chi connectivity index (χ2n) is 2.13. The summed E-state index contributed by atoms with van der Waals surface area (Å²) in [5.74, 6) is 11.1. The minimum absolute atomic E-state index is 0.630. The molecule has 0 unspecified atom stereocenters. The van der Waals surface area contributed by atoms with Gasteiger partial charge in [-0.1, -0.05) is 27.8 Å². The van der Waals surface area contributed by atoms with Crippen molar-refractivity contribution in [3.05, 3.63) is 0 Å². The van der Waals surface area contributed by atoms with Crippen LogP contribution in [-0.4, -0.2) is 11.6 Å². The van der Waals surface area contributed by atoms with Gasteiger partial charge < -0.3 is 0 Å². The van der Waals surface area contributed by atoms with Crippen molar-refractivity contribution in [3.8, 4) is 23.7 Å². The summed E-state index contributed by atoms with van der Waals surface area (Å²) < 4.78 is 0. The zero-order chi connectivity index (χ0) is 9.07. The fourth-order valence-electron chi connectivity index (χ4n) is 0.676. The van der Waals surface area contributed by atoms with Gasteiger partial charge in [0.25, 0.3) is 0 Å². The quantitative estimate of drug-likeness (QED) is 0.312. The zero-order valence-corrected chi connectivity index (χ0v) is 8.49. The molecule has 0 aromatic heterocycles. The number of alkyl halides is 1. The molecule has 0 aliphatic rings. The van der Waals surface area contributed by atoms with E-state index in [0.717, 1.165) is 31.0 Å². The Morgan fingerprint density at radius 3 is 2.33 bits per heavy atom. The molecule has 0 fully saturated rings. The highest BCUT2D eigenvalue weighted by Crippen LogP contribution is 1.96. The third-order valence-corrected chi connectivity index (χ3v) is 1.49. The maximum atomic E-state index is 9.78. The Balaban J connectivity index is 3.16. The number of halogens is 1. The lowest BCUT2D eigenvalue weighted by molar-refractivity contribution is -0.103. The van der Waals surface area contributed by atoms with Crippen LogP contribution in [0.1, 0.15) is 25.7 Å². The van der Waals surface area contributed by atoms with Crippen molar-refractivity contribution in [1.82, 2.24) is 0 Å². The minimum atomic E-state index is 0.630. The molecule has 0 heterocycles. The van der Waals surface area contributed by atoms with Crippen molar-refractivity contribution < 1.29 is 4.79 Å². The molecule has 0 aromatic rings. The van der Waals surface area contributed by atoms with Gasteiger partial charge in [-0.25, -0.2) is 0 Å². The Kier molecular flexibility index (Phi) is 9.65. The number of hydrogen-bond acceptors (Lipinski definition) is 1. The van der Waals surface area contributed by atoms with Gasteiger partial charge in [-0.3, -0.25) is 4.79 Å². The Labute approximate surface area is 82.1 Å². The molecule has 0 aliphatic heterocycles. The van der Waals surface area contributed by atoms with Gasteiger partial charge in [-0.05, 0) is 18.8 Å². The Bertz CT molecular complexity index is 224. The largest absolute Gasteiger partial charge is 0.289 e. The average Bonchev–Trinajstić information content (AvgIpc) is 2.10. The van der Waals surface area contributed by atoms with E-state index < -0.39 is 0 Å². The van der Waals surface area contributed by atoms with E-state index in [1.54, 1.807) is 0 Å². The van der Waals surface area contributed by atoms with Crippen LogP contribution in [0.15, 0.2) is 0 Å². The van der Waals surface area contributed by atoms with Crippen molar-refractivity contribution in [2.24, 2.45) is 0 Å². The molecule has 0 radical (unpaired) electrons. The van der Waals surface area contributed by atoms with Crippen LogP contribution in [0.4, 0.5) is 0 Å². The molecule has 0 spiro atoms. The second kappa shape index (κ2) is 10.3. The summed E-state index contributed by atoms with van der Waals surface area (Å²) in [5, 5.41) is 0.748. The van der Waals surface area contributed by atoms with Gasteiger partial charge in [-0.2, -0.15) is 0 Å². The Morgan fingerprint density at radius 2 is 1.75 bits per heavy atom. The molecule has 0 bridgehead atoms. The van der Waals surface area contributed by atoms with Gasteiger partial charge in [-0.15, -0.1) is 5.92 Å². The van der Waals surface area contributed by atoms with E-state index in [1.165, 1.54) is 0 Å². The van der Waals surface area contributed by atoms with E-state index in [2.05, 4.69) is 39.6 Å². The molecular weight excluding hydrogens is 216 g/mol. The first-order valence-corrected chi connectivity index (χ1v) is 4.97. The van der Waals surface area contributed by atoms with E-state index in [9.17, 15) is 4.79 Å². The normalized spacial score (nSPS) is 7.42. The molecule has 0 saturated carbocycles. The second-order valence-corrected chi connectivity index (χ2v) is 2.69. The molecule has 64 valence electrons. The number of aldehydes is 1. The zero-order valence-electron chi connectivity index (χ0n) is 6.90. The maximum absolute atomic E-state index is 9.78. The fraction of sp³-hybridized carbons (Fsp3) is 0.500. The highest BCUT2D eigenvalue weighted by atomic mass is 79.9. The minimum Gasteiger partial charge on any atom is -0.289 e. The van der Waals surface area contributed by atoms with Gasteiger partial charge in [0.15, 0.2) is 6.29 Å². The van der Waals surface area contributed by atoms with E-state index in [4.69, 9.17) is 0 Å². The summed E-state index contributed by atoms with van der Waals surface area (Å²) in [7, 11) is 0. The predicted molar refractivity (Wildman–Crippen MR) is 53.9 cm³/mol. The highest BCUT2D eigenvalue weighted by Gasteiger charge is 1.81. The third kappa shape index (κ3) is 9.27. The lowest BCUT2D eigenvalue weighted by atomic mass is 10.2. The summed E-state index contributed by atoms with van der Waals surface area (Å²) in [6.07, 6.45) is 4.44. The molecule has 0 rings (SSSR count). The topological polar surface area (TPSA) is 17.1 Å². The van der Waals surface area contributed by atoms with Crippen LogP contribution < -0.4 is 0 Å². The van der Waals surface area contributed by atoms with E-state index in [1.807, 2.05) is 0 Å². The molecule has 0 atom stereocenters. The van der Waals surface area contributed by atoms with Crippen LogP contribution in [0.2, 0.25) is 0 Å². The predicted octanol–water partition coefficient (Wildman–Crippen LogP) is 2.15. The van der Waals surface area contributed by atoms with Gasteiger partial charge in [0, 0.05) is 12.8 Å². The fourth-order valence-corrected chi connectivity index (χ4v) is 0.874. The smallest absolute Gasteiger partial charge is 0.192 e. The monoisotopic (exact) mass is 226 g/mol. The highest BCUT2D eigenvalue weighted by molar-refractivity contribution is 9.09. The molecule has 0 amide bonds. The average molecular weight is 227 g/mol. The lowest BCUT2D eigenvalue weighted by Gasteiger charge is -1.87. The van der Waals surface area contributed by atoms with Crippen LogP contribution >= 0.6 is 15.9 Å². The Hall–Kier alpha value is -0.730. The molecule has 0 aliphatic carbocycles. The van der Waals surface area contributed by atoms with Crippen molar-refractivity contribution in [2.75, 3.05) is 5.33 Å². The number of hydrogen-bond donors (Lipinski definition) is 0. The summed E-state index contributed by atoms with van der Waals surface area (Å²) in [6, 6.07) is 0. The maximum Gasteiger partial charge on any atom is 0.192 e. The van der Waals surface area contributed by atoms with E-state index in [0.29, 0.717) is 6.29 Å². The molecular formula is C10H11BrO. The molecule has 1 nitrogen and oxygen atoms in total. The third-order valence-electron chi connectivity index (χ3n) is 1.21. The number of carbonyl (C=O) groups is 1. The SMILES string of the molecule is O=CC#CCCCCC#CCBr. The first-order chi connectivity index (χ1) is 5.91. The van der Waals surface area contributed by atoms with Gasteiger partial charge in [0.05, 0.1) is 5.33 Å². The molecule has 0 N–H and O–H groups in total. The standard InChI is InChI=1S/C10H11BrO/c11-9-7-5-3-1-2-4-6-8-10-12/h10H,1-4,9H2. The van der Waals surface area contributed by atoms with Gasteiger partial charge >= 0.3 is 0 Å². The lowest BCUT2D eigenvalue weighted by Crippen LogP contribution is -1.73. The van der Waals surface area contributed by atoms with Crippen LogP contribution in [0.25, 0.3) is 0 Å². The van der Waals surface area contributed by atoms with E-state index >= 15 is 0 Å². The molecule has 0 saturated heterocycles. The summed E-state index contributed by atoms with van der Waals surface area (Å²) in [5.41, 5.74) is 0. The van der Waals surface area contributed by atoms with Crippen LogP contribution in [0, 0.1) is 23.7 Å². The summed E-state index contributed by atoms with van der Waals surface area (Å²) >= 11 is 3.22. The van der Waals surface area contributed by atoms with E-state index in [-0.39, 0.29) is 0 Å². The first-order valence-electron chi connectivity index (χ1n) is 3.85. The summed E-state index contributed by atoms with van der Waals surface area (Å²) in [4.78, 5) is 9.78. The number of unbranched alkanes of at least 4 members (excludes halogenated alkanes) is 3. The van der Waals surface area contributed by atoms with Crippen LogP contribution in [0.5, 0.6) is 0 Å². The first kappa shape index (κ1) is 11.3. The van der Waals surface area contributed by atoms with Crippen LogP contribution in [0.3, 0.4) is 0 Å². The summed E-state index contributed by atoms with van der Waals surface area (Å²) in [6.45, 7) is 0. The van der Waals surface area contributed by atoms with Crippen LogP contribution in [-0.2, 0) is 4.79 Å². The number of rotatable bonds is 3.